The molecule has 0 aromatic heterocycles. The molecule has 0 saturated carbocycles. The molecule has 0 amide bonds. The Labute approximate surface area is 233 Å². The summed E-state index contributed by atoms with van der Waals surface area (Å²) < 4.78 is 24.0. The first-order chi connectivity index (χ1) is 18.1. The number of ether oxygens (including phenoxy) is 2. The van der Waals surface area contributed by atoms with Gasteiger partial charge in [-0.2, -0.15) is 0 Å². The van der Waals surface area contributed by atoms with Crippen molar-refractivity contribution < 1.29 is 28.7 Å². The lowest BCUT2D eigenvalue weighted by atomic mass is 9.68. The van der Waals surface area contributed by atoms with Gasteiger partial charge in [0.15, 0.2) is 11.4 Å². The first-order valence-corrected chi connectivity index (χ1v) is 13.8. The Balaban J connectivity index is 1.32. The Morgan fingerprint density at radius 3 is 2.47 bits per heavy atom. The SMILES string of the molecule is COCCNCC1(C)COB(c2ccc(CC3(O)C(=O)C4=C(OCC4(C)C)c4c(Br)cccc43)cc2)OC1. The van der Waals surface area contributed by atoms with Crippen LogP contribution in [0.2, 0.25) is 0 Å². The zero-order valence-electron chi connectivity index (χ0n) is 22.4. The number of fused-ring (bicyclic) bond motifs is 2. The Hall–Kier alpha value is -2.01. The molecule has 2 aromatic rings. The molecule has 2 heterocycles. The number of carbonyl (C=O) groups is 1. The summed E-state index contributed by atoms with van der Waals surface area (Å²) in [7, 11) is 1.24. The molecular formula is C29H35BBrNO6. The average Bonchev–Trinajstić information content (AvgIpc) is 3.21. The summed E-state index contributed by atoms with van der Waals surface area (Å²) in [6.45, 7) is 9.90. The molecular weight excluding hydrogens is 549 g/mol. The lowest BCUT2D eigenvalue weighted by Crippen LogP contribution is -2.52. The van der Waals surface area contributed by atoms with Crippen LogP contribution in [0.3, 0.4) is 0 Å². The van der Waals surface area contributed by atoms with E-state index >= 15 is 0 Å². The summed E-state index contributed by atoms with van der Waals surface area (Å²) in [6, 6.07) is 13.3. The van der Waals surface area contributed by atoms with Gasteiger partial charge in [0.25, 0.3) is 0 Å². The highest BCUT2D eigenvalue weighted by Crippen LogP contribution is 2.52. The van der Waals surface area contributed by atoms with E-state index in [1.807, 2.05) is 56.3 Å². The van der Waals surface area contributed by atoms with Crippen LogP contribution in [0.4, 0.5) is 0 Å². The van der Waals surface area contributed by atoms with Crippen LogP contribution in [-0.2, 0) is 35.6 Å². The summed E-state index contributed by atoms with van der Waals surface area (Å²) in [5, 5.41) is 15.4. The molecule has 0 bridgehead atoms. The average molecular weight is 584 g/mol. The fourth-order valence-electron chi connectivity index (χ4n) is 5.51. The quantitative estimate of drug-likeness (QED) is 0.364. The molecule has 2 aromatic carbocycles. The second-order valence-corrected chi connectivity index (χ2v) is 12.4. The fraction of sp³-hybridized carbons (Fsp3) is 0.483. The number of halogens is 1. The summed E-state index contributed by atoms with van der Waals surface area (Å²) in [5.41, 5.74) is 1.34. The molecule has 1 atom stereocenters. The van der Waals surface area contributed by atoms with E-state index in [1.165, 1.54) is 0 Å². The number of rotatable bonds is 8. The number of Topliss-reactive ketones (excluding diaryl/α,β-unsaturated/α-hetero) is 1. The Bertz CT molecular complexity index is 1240. The predicted molar refractivity (Wildman–Crippen MR) is 150 cm³/mol. The molecule has 1 unspecified atom stereocenters. The van der Waals surface area contributed by atoms with E-state index < -0.39 is 18.1 Å². The van der Waals surface area contributed by atoms with E-state index in [-0.39, 0.29) is 17.6 Å². The van der Waals surface area contributed by atoms with Gasteiger partial charge in [0, 0.05) is 66.3 Å². The van der Waals surface area contributed by atoms with Crippen LogP contribution in [0.1, 0.15) is 37.5 Å². The van der Waals surface area contributed by atoms with Crippen molar-refractivity contribution in [1.82, 2.24) is 5.32 Å². The highest BCUT2D eigenvalue weighted by Gasteiger charge is 2.53. The number of ketones is 1. The van der Waals surface area contributed by atoms with Crippen molar-refractivity contribution in [2.75, 3.05) is 46.6 Å². The molecule has 38 heavy (non-hydrogen) atoms. The minimum Gasteiger partial charge on any atom is -0.492 e. The second kappa shape index (κ2) is 10.5. The predicted octanol–water partition coefficient (Wildman–Crippen LogP) is 3.21. The van der Waals surface area contributed by atoms with Crippen molar-refractivity contribution in [1.29, 1.82) is 0 Å². The molecule has 0 radical (unpaired) electrons. The Morgan fingerprint density at radius 1 is 1.08 bits per heavy atom. The topological polar surface area (TPSA) is 86.2 Å². The fourth-order valence-corrected chi connectivity index (χ4v) is 6.05. The molecule has 7 nitrogen and oxygen atoms in total. The van der Waals surface area contributed by atoms with Gasteiger partial charge in [-0.25, -0.2) is 0 Å². The van der Waals surface area contributed by atoms with Gasteiger partial charge in [-0.3, -0.25) is 4.79 Å². The molecule has 1 aliphatic carbocycles. The zero-order chi connectivity index (χ0) is 27.1. The highest BCUT2D eigenvalue weighted by atomic mass is 79.9. The highest BCUT2D eigenvalue weighted by molar-refractivity contribution is 9.10. The van der Waals surface area contributed by atoms with Crippen molar-refractivity contribution >= 4 is 40.1 Å². The molecule has 5 rings (SSSR count). The monoisotopic (exact) mass is 583 g/mol. The number of hydrogen-bond acceptors (Lipinski definition) is 7. The summed E-state index contributed by atoms with van der Waals surface area (Å²) in [6.07, 6.45) is 0.153. The van der Waals surface area contributed by atoms with Crippen molar-refractivity contribution in [2.24, 2.45) is 10.8 Å². The van der Waals surface area contributed by atoms with Crippen LogP contribution >= 0.6 is 15.9 Å². The van der Waals surface area contributed by atoms with Gasteiger partial charge in [0.05, 0.1) is 18.8 Å². The van der Waals surface area contributed by atoms with Crippen LogP contribution in [0, 0.1) is 10.8 Å². The number of hydrogen-bond donors (Lipinski definition) is 2. The molecule has 0 spiro atoms. The van der Waals surface area contributed by atoms with Gasteiger partial charge in [-0.1, -0.05) is 73.1 Å². The zero-order valence-corrected chi connectivity index (χ0v) is 24.0. The van der Waals surface area contributed by atoms with E-state index in [4.69, 9.17) is 18.8 Å². The summed E-state index contributed by atoms with van der Waals surface area (Å²) in [4.78, 5) is 13.9. The maximum absolute atomic E-state index is 13.9. The third-order valence-corrected chi connectivity index (χ3v) is 8.34. The number of benzene rings is 2. The third-order valence-electron chi connectivity index (χ3n) is 7.68. The lowest BCUT2D eigenvalue weighted by Gasteiger charge is -2.37. The maximum Gasteiger partial charge on any atom is 0.493 e. The molecule has 2 N–H and O–H groups in total. The molecule has 2 aliphatic heterocycles. The number of aliphatic hydroxyl groups is 1. The third kappa shape index (κ3) is 5.00. The van der Waals surface area contributed by atoms with Crippen LogP contribution < -0.4 is 10.8 Å². The normalized spacial score (nSPS) is 23.7. The van der Waals surface area contributed by atoms with Crippen LogP contribution in [0.5, 0.6) is 0 Å². The van der Waals surface area contributed by atoms with Gasteiger partial charge >= 0.3 is 7.12 Å². The molecule has 1 fully saturated rings. The lowest BCUT2D eigenvalue weighted by molar-refractivity contribution is -0.135. The first kappa shape index (κ1) is 27.6. The van der Waals surface area contributed by atoms with Crippen molar-refractivity contribution in [2.45, 2.75) is 32.8 Å². The van der Waals surface area contributed by atoms with Gasteiger partial charge < -0.3 is 29.2 Å². The van der Waals surface area contributed by atoms with Crippen molar-refractivity contribution in [3.05, 3.63) is 69.2 Å². The van der Waals surface area contributed by atoms with Gasteiger partial charge in [-0.15, -0.1) is 0 Å². The standard InChI is InChI=1S/C29H35BBrNO6/c1-27(2)16-36-25-23-21(6-5-7-22(23)31)29(34,26(33)24(25)27)14-19-8-10-20(11-9-19)30-37-17-28(3,18-38-30)15-32-12-13-35-4/h5-11,32,34H,12-18H2,1-4H3. The van der Waals surface area contributed by atoms with Gasteiger partial charge in [0.1, 0.15) is 5.76 Å². The first-order valence-electron chi connectivity index (χ1n) is 13.0. The summed E-state index contributed by atoms with van der Waals surface area (Å²) >= 11 is 3.62. The van der Waals surface area contributed by atoms with Crippen molar-refractivity contribution in [3.63, 3.8) is 0 Å². The molecule has 9 heteroatoms. The second-order valence-electron chi connectivity index (χ2n) is 11.6. The van der Waals surface area contributed by atoms with E-state index in [0.29, 0.717) is 43.3 Å². The number of carbonyl (C=O) groups excluding carboxylic acids is 1. The van der Waals surface area contributed by atoms with Gasteiger partial charge in [0.2, 0.25) is 0 Å². The summed E-state index contributed by atoms with van der Waals surface area (Å²) in [5.74, 6) is 0.289. The van der Waals surface area contributed by atoms with Crippen LogP contribution in [0.15, 0.2) is 52.5 Å². The van der Waals surface area contributed by atoms with E-state index in [1.54, 1.807) is 7.11 Å². The minimum absolute atomic E-state index is 0.109. The Morgan fingerprint density at radius 2 is 1.79 bits per heavy atom. The smallest absolute Gasteiger partial charge is 0.492 e. The van der Waals surface area contributed by atoms with Crippen LogP contribution in [-0.4, -0.2) is 64.6 Å². The van der Waals surface area contributed by atoms with E-state index in [9.17, 15) is 9.90 Å². The van der Waals surface area contributed by atoms with E-state index in [2.05, 4.69) is 28.2 Å². The van der Waals surface area contributed by atoms with Crippen LogP contribution in [0.25, 0.3) is 5.76 Å². The van der Waals surface area contributed by atoms with Crippen molar-refractivity contribution in [3.8, 4) is 0 Å². The molecule has 202 valence electrons. The van der Waals surface area contributed by atoms with E-state index in [0.717, 1.165) is 34.2 Å². The minimum atomic E-state index is -1.69. The Kier molecular flexibility index (Phi) is 7.63. The maximum atomic E-state index is 13.9. The molecule has 3 aliphatic rings. The molecule has 1 saturated heterocycles. The number of nitrogens with one attached hydrogen (secondary N) is 1. The number of methoxy groups -OCH3 is 1. The van der Waals surface area contributed by atoms with Gasteiger partial charge in [-0.05, 0) is 17.1 Å². The largest absolute Gasteiger partial charge is 0.493 e.